The molecule has 2 unspecified atom stereocenters. The molecule has 1 aromatic carbocycles. The van der Waals surface area contributed by atoms with Crippen LogP contribution in [0.3, 0.4) is 0 Å². The standard InChI is InChI=1S/C17H24N2O5/c1-11-7-15(21)19(2)17(11,10-20)16(22)18-9-12-5-6-13(23-3)8-14(12)24-4/h5-6,8,11,20H,7,9-10H2,1-4H3,(H,18,22). The lowest BCUT2D eigenvalue weighted by Gasteiger charge is -2.36. The molecule has 7 heteroatoms. The van der Waals surface area contributed by atoms with Gasteiger partial charge in [0.1, 0.15) is 17.0 Å². The topological polar surface area (TPSA) is 88.1 Å². The predicted molar refractivity (Wildman–Crippen MR) is 87.8 cm³/mol. The molecule has 0 bridgehead atoms. The first kappa shape index (κ1) is 18.1. The number of hydrogen-bond donors (Lipinski definition) is 2. The summed E-state index contributed by atoms with van der Waals surface area (Å²) in [7, 11) is 4.66. The number of rotatable bonds is 6. The molecule has 1 aliphatic rings. The number of amides is 2. The zero-order chi connectivity index (χ0) is 17.9. The maximum Gasteiger partial charge on any atom is 0.248 e. The second-order valence-corrected chi connectivity index (χ2v) is 6.00. The summed E-state index contributed by atoms with van der Waals surface area (Å²) in [4.78, 5) is 26.0. The zero-order valence-electron chi connectivity index (χ0n) is 14.5. The van der Waals surface area contributed by atoms with Crippen molar-refractivity contribution in [3.63, 3.8) is 0 Å². The van der Waals surface area contributed by atoms with Crippen LogP contribution in [0.25, 0.3) is 0 Å². The third-order valence-corrected chi connectivity index (χ3v) is 4.84. The molecular formula is C17H24N2O5. The highest BCUT2D eigenvalue weighted by atomic mass is 16.5. The summed E-state index contributed by atoms with van der Waals surface area (Å²) in [5.41, 5.74) is -0.448. The SMILES string of the molecule is COc1ccc(CNC(=O)C2(CO)C(C)CC(=O)N2C)c(OC)c1. The number of aliphatic hydroxyl groups excluding tert-OH is 1. The van der Waals surface area contributed by atoms with E-state index in [1.165, 1.54) is 4.90 Å². The number of likely N-dealkylation sites (tertiary alicyclic amines) is 1. The Labute approximate surface area is 141 Å². The highest BCUT2D eigenvalue weighted by molar-refractivity contribution is 5.95. The van der Waals surface area contributed by atoms with Gasteiger partial charge in [-0.15, -0.1) is 0 Å². The van der Waals surface area contributed by atoms with Crippen molar-refractivity contribution < 1.29 is 24.2 Å². The molecule has 24 heavy (non-hydrogen) atoms. The number of carbonyl (C=O) groups is 2. The molecule has 132 valence electrons. The molecule has 1 fully saturated rings. The van der Waals surface area contributed by atoms with Crippen LogP contribution in [-0.4, -0.2) is 55.2 Å². The van der Waals surface area contributed by atoms with Gasteiger partial charge in [-0.2, -0.15) is 0 Å². The lowest BCUT2D eigenvalue weighted by Crippen LogP contribution is -2.60. The molecule has 0 aromatic heterocycles. The average molecular weight is 336 g/mol. The molecule has 2 atom stereocenters. The number of benzene rings is 1. The van der Waals surface area contributed by atoms with Crippen LogP contribution in [0, 0.1) is 5.92 Å². The van der Waals surface area contributed by atoms with Crippen LogP contribution in [0.1, 0.15) is 18.9 Å². The monoisotopic (exact) mass is 336 g/mol. The minimum absolute atomic E-state index is 0.145. The van der Waals surface area contributed by atoms with Crippen LogP contribution in [0.2, 0.25) is 0 Å². The Hall–Kier alpha value is -2.28. The van der Waals surface area contributed by atoms with Gasteiger partial charge in [-0.1, -0.05) is 6.92 Å². The number of nitrogens with zero attached hydrogens (tertiary/aromatic N) is 1. The van der Waals surface area contributed by atoms with E-state index in [4.69, 9.17) is 9.47 Å². The lowest BCUT2D eigenvalue weighted by molar-refractivity contribution is -0.143. The summed E-state index contributed by atoms with van der Waals surface area (Å²) in [6.07, 6.45) is 0.246. The van der Waals surface area contributed by atoms with E-state index >= 15 is 0 Å². The van der Waals surface area contributed by atoms with Crippen LogP contribution in [0.5, 0.6) is 11.5 Å². The van der Waals surface area contributed by atoms with Crippen LogP contribution in [-0.2, 0) is 16.1 Å². The van der Waals surface area contributed by atoms with Crippen molar-refractivity contribution in [3.05, 3.63) is 23.8 Å². The van der Waals surface area contributed by atoms with Gasteiger partial charge < -0.3 is 24.8 Å². The first-order valence-electron chi connectivity index (χ1n) is 7.77. The van der Waals surface area contributed by atoms with Crippen molar-refractivity contribution in [2.75, 3.05) is 27.9 Å². The van der Waals surface area contributed by atoms with E-state index < -0.39 is 12.1 Å². The molecule has 0 spiro atoms. The van der Waals surface area contributed by atoms with E-state index in [9.17, 15) is 14.7 Å². The first-order valence-corrected chi connectivity index (χ1v) is 7.77. The quantitative estimate of drug-likeness (QED) is 0.792. The van der Waals surface area contributed by atoms with Gasteiger partial charge in [-0.3, -0.25) is 9.59 Å². The first-order chi connectivity index (χ1) is 11.4. The molecule has 7 nitrogen and oxygen atoms in total. The van der Waals surface area contributed by atoms with Gasteiger partial charge >= 0.3 is 0 Å². The maximum atomic E-state index is 12.7. The second kappa shape index (κ2) is 7.09. The molecular weight excluding hydrogens is 312 g/mol. The Morgan fingerprint density at radius 2 is 2.12 bits per heavy atom. The number of methoxy groups -OCH3 is 2. The normalized spacial score (nSPS) is 23.3. The Bertz CT molecular complexity index is 633. The van der Waals surface area contributed by atoms with Crippen molar-refractivity contribution in [2.45, 2.75) is 25.4 Å². The van der Waals surface area contributed by atoms with E-state index in [1.807, 2.05) is 0 Å². The van der Waals surface area contributed by atoms with Crippen molar-refractivity contribution in [1.82, 2.24) is 10.2 Å². The second-order valence-electron chi connectivity index (χ2n) is 6.00. The largest absolute Gasteiger partial charge is 0.497 e. The minimum Gasteiger partial charge on any atom is -0.497 e. The van der Waals surface area contributed by atoms with Crippen molar-refractivity contribution in [1.29, 1.82) is 0 Å². The summed E-state index contributed by atoms with van der Waals surface area (Å²) in [6.45, 7) is 1.61. The maximum absolute atomic E-state index is 12.7. The molecule has 2 amide bonds. The number of carbonyl (C=O) groups excluding carboxylic acids is 2. The fourth-order valence-corrected chi connectivity index (χ4v) is 3.16. The van der Waals surface area contributed by atoms with Crippen molar-refractivity contribution in [2.24, 2.45) is 5.92 Å². The van der Waals surface area contributed by atoms with Gasteiger partial charge in [0.15, 0.2) is 0 Å². The summed E-state index contributed by atoms with van der Waals surface area (Å²) < 4.78 is 10.5. The third-order valence-electron chi connectivity index (χ3n) is 4.84. The number of nitrogens with one attached hydrogen (secondary N) is 1. The van der Waals surface area contributed by atoms with E-state index in [2.05, 4.69) is 5.32 Å². The number of likely N-dealkylation sites (N-methyl/N-ethyl adjacent to an activating group) is 1. The zero-order valence-corrected chi connectivity index (χ0v) is 14.5. The van der Waals surface area contributed by atoms with Gasteiger partial charge in [-0.25, -0.2) is 0 Å². The fourth-order valence-electron chi connectivity index (χ4n) is 3.16. The average Bonchev–Trinajstić information content (AvgIpc) is 2.82. The predicted octanol–water partition coefficient (Wildman–Crippen LogP) is 0.549. The molecule has 1 saturated heterocycles. The molecule has 1 aromatic rings. The van der Waals surface area contributed by atoms with Crippen LogP contribution in [0.15, 0.2) is 18.2 Å². The minimum atomic E-state index is -1.23. The third kappa shape index (κ3) is 2.91. The lowest BCUT2D eigenvalue weighted by atomic mass is 9.86. The fraction of sp³-hybridized carbons (Fsp3) is 0.529. The Morgan fingerprint density at radius 3 is 2.62 bits per heavy atom. The van der Waals surface area contributed by atoms with Gasteiger partial charge in [-0.05, 0) is 18.1 Å². The van der Waals surface area contributed by atoms with E-state index in [-0.39, 0.29) is 30.7 Å². The van der Waals surface area contributed by atoms with Gasteiger partial charge in [0.25, 0.3) is 0 Å². The van der Waals surface area contributed by atoms with Gasteiger partial charge in [0.05, 0.1) is 20.8 Å². The summed E-state index contributed by atoms with van der Waals surface area (Å²) in [5.74, 6) is 0.468. The Balaban J connectivity index is 2.17. The summed E-state index contributed by atoms with van der Waals surface area (Å²) in [5, 5.41) is 12.6. The molecule has 1 aliphatic heterocycles. The summed E-state index contributed by atoms with van der Waals surface area (Å²) in [6, 6.07) is 5.31. The van der Waals surface area contributed by atoms with Crippen LogP contribution < -0.4 is 14.8 Å². The molecule has 2 N–H and O–H groups in total. The highest BCUT2D eigenvalue weighted by Crippen LogP contribution is 2.35. The van der Waals surface area contributed by atoms with Crippen LogP contribution >= 0.6 is 0 Å². The molecule has 2 rings (SSSR count). The van der Waals surface area contributed by atoms with E-state index in [0.29, 0.717) is 11.5 Å². The Morgan fingerprint density at radius 1 is 1.42 bits per heavy atom. The van der Waals surface area contributed by atoms with E-state index in [0.717, 1.165) is 5.56 Å². The van der Waals surface area contributed by atoms with Crippen molar-refractivity contribution in [3.8, 4) is 11.5 Å². The molecule has 0 saturated carbocycles. The highest BCUT2D eigenvalue weighted by Gasteiger charge is 2.54. The molecule has 0 aliphatic carbocycles. The van der Waals surface area contributed by atoms with Gasteiger partial charge in [0, 0.05) is 31.6 Å². The molecule has 1 heterocycles. The van der Waals surface area contributed by atoms with Gasteiger partial charge in [0.2, 0.25) is 11.8 Å². The number of ether oxygens (including phenoxy) is 2. The number of hydrogen-bond acceptors (Lipinski definition) is 5. The van der Waals surface area contributed by atoms with Crippen molar-refractivity contribution >= 4 is 11.8 Å². The number of aliphatic hydroxyl groups is 1. The smallest absolute Gasteiger partial charge is 0.248 e. The van der Waals surface area contributed by atoms with Crippen LogP contribution in [0.4, 0.5) is 0 Å². The summed E-state index contributed by atoms with van der Waals surface area (Å²) >= 11 is 0. The Kier molecular flexibility index (Phi) is 5.33. The van der Waals surface area contributed by atoms with E-state index in [1.54, 1.807) is 46.4 Å². The molecule has 0 radical (unpaired) electrons.